The summed E-state index contributed by atoms with van der Waals surface area (Å²) in [5.74, 6) is 0.750. The lowest BCUT2D eigenvalue weighted by Gasteiger charge is -2.26. The molecule has 0 aliphatic carbocycles. The van der Waals surface area contributed by atoms with Gasteiger partial charge >= 0.3 is 6.36 Å². The van der Waals surface area contributed by atoms with Gasteiger partial charge in [0.05, 0.1) is 23.3 Å². The van der Waals surface area contributed by atoms with Gasteiger partial charge < -0.3 is 14.2 Å². The van der Waals surface area contributed by atoms with Crippen LogP contribution >= 0.6 is 0 Å². The maximum Gasteiger partial charge on any atom is 0.573 e. The van der Waals surface area contributed by atoms with Crippen LogP contribution in [-0.4, -0.2) is 37.3 Å². The van der Waals surface area contributed by atoms with Crippen molar-refractivity contribution in [2.24, 2.45) is 0 Å². The van der Waals surface area contributed by atoms with Crippen LogP contribution in [0.5, 0.6) is 17.2 Å². The Morgan fingerprint density at radius 2 is 1.84 bits per heavy atom. The molecule has 0 spiro atoms. The Morgan fingerprint density at radius 1 is 1.13 bits per heavy atom. The van der Waals surface area contributed by atoms with Gasteiger partial charge in [-0.25, -0.2) is 8.42 Å². The lowest BCUT2D eigenvalue weighted by Crippen LogP contribution is -2.33. The van der Waals surface area contributed by atoms with E-state index in [2.05, 4.69) is 14.6 Å². The zero-order valence-electron chi connectivity index (χ0n) is 15.7. The van der Waals surface area contributed by atoms with Gasteiger partial charge in [-0.15, -0.1) is 13.2 Å². The van der Waals surface area contributed by atoms with Crippen molar-refractivity contribution in [3.63, 3.8) is 0 Å². The van der Waals surface area contributed by atoms with E-state index in [1.165, 1.54) is 17.1 Å². The van der Waals surface area contributed by atoms with Crippen LogP contribution in [0.25, 0.3) is 0 Å². The first-order chi connectivity index (χ1) is 14.7. The summed E-state index contributed by atoms with van der Waals surface area (Å²) in [6, 6.07) is 11.1. The zero-order valence-corrected chi connectivity index (χ0v) is 16.6. The van der Waals surface area contributed by atoms with Crippen molar-refractivity contribution in [1.29, 1.82) is 0 Å². The van der Waals surface area contributed by atoms with Gasteiger partial charge in [-0.2, -0.15) is 5.10 Å². The molecular formula is C19H16F3N3O5S. The van der Waals surface area contributed by atoms with Gasteiger partial charge in [0.2, 0.25) is 0 Å². The van der Waals surface area contributed by atoms with E-state index in [1.54, 1.807) is 12.1 Å². The molecule has 0 bridgehead atoms. The zero-order chi connectivity index (χ0) is 22.1. The van der Waals surface area contributed by atoms with E-state index >= 15 is 0 Å². The molecule has 0 radical (unpaired) electrons. The average Bonchev–Trinajstić information content (AvgIpc) is 3.13. The van der Waals surface area contributed by atoms with Crippen molar-refractivity contribution in [3.8, 4) is 17.2 Å². The molecule has 8 nitrogen and oxygen atoms in total. The summed E-state index contributed by atoms with van der Waals surface area (Å²) < 4.78 is 80.7. The first-order valence-corrected chi connectivity index (χ1v) is 10.5. The SMILES string of the molecule is O=S(=O)(Nc1cnn(CC2COc3ccccc3O2)c1)c1ccc(OC(F)(F)F)cc1. The number of halogens is 3. The number of ether oxygens (including phenoxy) is 3. The molecule has 164 valence electrons. The Balaban J connectivity index is 1.39. The average molecular weight is 455 g/mol. The number of fused-ring (bicyclic) bond motifs is 1. The molecule has 0 saturated carbocycles. The molecule has 2 aromatic carbocycles. The molecule has 1 aliphatic rings. The minimum Gasteiger partial charge on any atom is -0.486 e. The predicted molar refractivity (Wildman–Crippen MR) is 103 cm³/mol. The predicted octanol–water partition coefficient (Wildman–Crippen LogP) is 3.42. The molecule has 31 heavy (non-hydrogen) atoms. The number of hydrogen-bond donors (Lipinski definition) is 1. The van der Waals surface area contributed by atoms with Gasteiger partial charge in [0.25, 0.3) is 10.0 Å². The van der Waals surface area contributed by atoms with E-state index in [0.29, 0.717) is 24.7 Å². The summed E-state index contributed by atoms with van der Waals surface area (Å²) in [7, 11) is -4.03. The smallest absolute Gasteiger partial charge is 0.486 e. The molecule has 1 aliphatic heterocycles. The summed E-state index contributed by atoms with van der Waals surface area (Å²) in [6.45, 7) is 0.629. The highest BCUT2D eigenvalue weighted by molar-refractivity contribution is 7.92. The van der Waals surface area contributed by atoms with Gasteiger partial charge in [0, 0.05) is 6.20 Å². The van der Waals surface area contributed by atoms with Gasteiger partial charge in [0.1, 0.15) is 12.4 Å². The Hall–Kier alpha value is -3.41. The maximum atomic E-state index is 12.5. The molecule has 2 heterocycles. The van der Waals surface area contributed by atoms with E-state index in [4.69, 9.17) is 9.47 Å². The molecule has 3 aromatic rings. The molecular weight excluding hydrogens is 439 g/mol. The Bertz CT molecular complexity index is 1160. The first-order valence-electron chi connectivity index (χ1n) is 8.97. The summed E-state index contributed by atoms with van der Waals surface area (Å²) in [5.41, 5.74) is 0.188. The number of para-hydroxylation sites is 2. The van der Waals surface area contributed by atoms with Crippen LogP contribution in [0.1, 0.15) is 0 Å². The van der Waals surface area contributed by atoms with Crippen molar-refractivity contribution >= 4 is 15.7 Å². The molecule has 1 unspecified atom stereocenters. The fourth-order valence-corrected chi connectivity index (χ4v) is 3.94. The van der Waals surface area contributed by atoms with Crippen LogP contribution in [0.3, 0.4) is 0 Å². The molecule has 4 rings (SSSR count). The third-order valence-corrected chi connectivity index (χ3v) is 5.61. The Kier molecular flexibility index (Phi) is 5.39. The number of sulfonamides is 1. The van der Waals surface area contributed by atoms with Crippen LogP contribution in [0.2, 0.25) is 0 Å². The van der Waals surface area contributed by atoms with Gasteiger partial charge in [0.15, 0.2) is 17.6 Å². The highest BCUT2D eigenvalue weighted by Gasteiger charge is 2.31. The highest BCUT2D eigenvalue weighted by Crippen LogP contribution is 2.31. The van der Waals surface area contributed by atoms with Gasteiger partial charge in [-0.3, -0.25) is 9.40 Å². The standard InChI is InChI=1S/C19H16F3N3O5S/c20-19(21,22)30-14-5-7-16(8-6-14)31(26,27)24-13-9-23-25(10-13)11-15-12-28-17-3-1-2-4-18(17)29-15/h1-10,15,24H,11-12H2. The van der Waals surface area contributed by atoms with Crippen LogP contribution in [0.4, 0.5) is 18.9 Å². The highest BCUT2D eigenvalue weighted by atomic mass is 32.2. The molecule has 12 heteroatoms. The maximum absolute atomic E-state index is 12.5. The third kappa shape index (κ3) is 5.20. The molecule has 1 N–H and O–H groups in total. The summed E-state index contributed by atoms with van der Waals surface area (Å²) >= 11 is 0. The normalized spacial score (nSPS) is 16.0. The van der Waals surface area contributed by atoms with Crippen molar-refractivity contribution in [3.05, 3.63) is 60.9 Å². The lowest BCUT2D eigenvalue weighted by molar-refractivity contribution is -0.274. The first kappa shape index (κ1) is 20.8. The van der Waals surface area contributed by atoms with Crippen LogP contribution in [0.15, 0.2) is 65.8 Å². The lowest BCUT2D eigenvalue weighted by atomic mass is 10.2. The summed E-state index contributed by atoms with van der Waals surface area (Å²) in [5, 5.41) is 4.11. The molecule has 1 atom stereocenters. The minimum atomic E-state index is -4.86. The molecule has 0 saturated heterocycles. The second-order valence-corrected chi connectivity index (χ2v) is 8.26. The Morgan fingerprint density at radius 3 is 2.55 bits per heavy atom. The van der Waals surface area contributed by atoms with Crippen molar-refractivity contribution in [1.82, 2.24) is 9.78 Å². The van der Waals surface area contributed by atoms with E-state index < -0.39 is 22.1 Å². The Labute approximate surface area is 175 Å². The quantitative estimate of drug-likeness (QED) is 0.613. The van der Waals surface area contributed by atoms with Gasteiger partial charge in [-0.05, 0) is 36.4 Å². The minimum absolute atomic E-state index is 0.188. The molecule has 1 aromatic heterocycles. The fourth-order valence-electron chi connectivity index (χ4n) is 2.91. The van der Waals surface area contributed by atoms with Crippen LogP contribution in [0, 0.1) is 0 Å². The number of nitrogens with zero attached hydrogens (tertiary/aromatic N) is 2. The number of aromatic nitrogens is 2. The van der Waals surface area contributed by atoms with E-state index in [-0.39, 0.29) is 16.7 Å². The third-order valence-electron chi connectivity index (χ3n) is 4.21. The number of nitrogens with one attached hydrogen (secondary N) is 1. The van der Waals surface area contributed by atoms with Crippen molar-refractivity contribution < 1.29 is 35.8 Å². The molecule has 0 amide bonds. The monoisotopic (exact) mass is 455 g/mol. The fraction of sp³-hybridized carbons (Fsp3) is 0.211. The largest absolute Gasteiger partial charge is 0.573 e. The van der Waals surface area contributed by atoms with Crippen molar-refractivity contribution in [2.45, 2.75) is 23.9 Å². The second-order valence-electron chi connectivity index (χ2n) is 6.57. The molecule has 0 fully saturated rings. The number of benzene rings is 2. The topological polar surface area (TPSA) is 91.7 Å². The number of anilines is 1. The summed E-state index contributed by atoms with van der Waals surface area (Å²) in [6.07, 6.45) is -2.39. The van der Waals surface area contributed by atoms with Gasteiger partial charge in [-0.1, -0.05) is 12.1 Å². The van der Waals surface area contributed by atoms with Crippen LogP contribution in [-0.2, 0) is 16.6 Å². The number of hydrogen-bond acceptors (Lipinski definition) is 6. The number of alkyl halides is 3. The van der Waals surface area contributed by atoms with Crippen molar-refractivity contribution in [2.75, 3.05) is 11.3 Å². The van der Waals surface area contributed by atoms with E-state index in [0.717, 1.165) is 24.3 Å². The second kappa shape index (κ2) is 8.02. The summed E-state index contributed by atoms with van der Waals surface area (Å²) in [4.78, 5) is -0.226. The van der Waals surface area contributed by atoms with E-state index in [1.807, 2.05) is 12.1 Å². The van der Waals surface area contributed by atoms with Crippen LogP contribution < -0.4 is 18.9 Å². The van der Waals surface area contributed by atoms with E-state index in [9.17, 15) is 21.6 Å². The number of rotatable bonds is 6.